The van der Waals surface area contributed by atoms with Gasteiger partial charge in [0.25, 0.3) is 5.69 Å². The van der Waals surface area contributed by atoms with Crippen molar-refractivity contribution in [3.63, 3.8) is 0 Å². The number of nitrogens with one attached hydrogen (secondary N) is 1. The van der Waals surface area contributed by atoms with Crippen LogP contribution in [0.3, 0.4) is 0 Å². The van der Waals surface area contributed by atoms with E-state index < -0.39 is 20.6 Å². The zero-order valence-electron chi connectivity index (χ0n) is 11.6. The van der Waals surface area contributed by atoms with Crippen LogP contribution < -0.4 is 10.5 Å². The monoisotopic (exact) mass is 313 g/mol. The van der Waals surface area contributed by atoms with Crippen molar-refractivity contribution < 1.29 is 13.3 Å². The first-order chi connectivity index (χ1) is 9.92. The molecule has 0 aliphatic heterocycles. The lowest BCUT2D eigenvalue weighted by molar-refractivity contribution is -0.387. The zero-order valence-corrected chi connectivity index (χ0v) is 12.4. The summed E-state index contributed by atoms with van der Waals surface area (Å²) in [6, 6.07) is 4.69. The third-order valence-corrected chi connectivity index (χ3v) is 5.26. The van der Waals surface area contributed by atoms with Crippen LogP contribution in [0.15, 0.2) is 29.2 Å². The molecule has 0 aromatic heterocycles. The fraction of sp³-hybridized carbons (Fsp3) is 0.538. The number of benzene rings is 1. The van der Waals surface area contributed by atoms with Crippen molar-refractivity contribution in [2.45, 2.75) is 49.1 Å². The third-order valence-electron chi connectivity index (χ3n) is 3.73. The second-order valence-electron chi connectivity index (χ2n) is 5.25. The van der Waals surface area contributed by atoms with E-state index >= 15 is 0 Å². The molecule has 116 valence electrons. The minimum atomic E-state index is -3.96. The van der Waals surface area contributed by atoms with Crippen LogP contribution in [0.4, 0.5) is 5.69 Å². The Morgan fingerprint density at radius 3 is 2.57 bits per heavy atom. The molecule has 0 bridgehead atoms. The quantitative estimate of drug-likeness (QED) is 0.497. The lowest BCUT2D eigenvalue weighted by Crippen LogP contribution is -2.46. The molecular formula is C13H19N3O4S. The van der Waals surface area contributed by atoms with Crippen LogP contribution in [0.25, 0.3) is 0 Å². The average molecular weight is 313 g/mol. The highest BCUT2D eigenvalue weighted by atomic mass is 32.2. The van der Waals surface area contributed by atoms with Gasteiger partial charge >= 0.3 is 0 Å². The molecule has 1 aliphatic carbocycles. The first-order valence-electron chi connectivity index (χ1n) is 6.93. The summed E-state index contributed by atoms with van der Waals surface area (Å²) in [4.78, 5) is 9.96. The number of nitrogens with zero attached hydrogens (tertiary/aromatic N) is 1. The Labute approximate surface area is 123 Å². The highest BCUT2D eigenvalue weighted by molar-refractivity contribution is 7.89. The Balaban J connectivity index is 2.28. The third kappa shape index (κ3) is 3.78. The molecule has 21 heavy (non-hydrogen) atoms. The number of para-hydroxylation sites is 1. The van der Waals surface area contributed by atoms with Crippen LogP contribution in [0.2, 0.25) is 0 Å². The van der Waals surface area contributed by atoms with Crippen molar-refractivity contribution in [2.24, 2.45) is 5.73 Å². The van der Waals surface area contributed by atoms with Crippen LogP contribution in [0.1, 0.15) is 32.1 Å². The molecule has 1 saturated carbocycles. The Morgan fingerprint density at radius 2 is 1.86 bits per heavy atom. The van der Waals surface area contributed by atoms with E-state index in [2.05, 4.69) is 4.72 Å². The van der Waals surface area contributed by atoms with Crippen molar-refractivity contribution in [1.29, 1.82) is 0 Å². The molecule has 0 spiro atoms. The topological polar surface area (TPSA) is 115 Å². The minimum absolute atomic E-state index is 0.259. The van der Waals surface area contributed by atoms with Crippen molar-refractivity contribution >= 4 is 15.7 Å². The molecule has 1 fully saturated rings. The summed E-state index contributed by atoms with van der Waals surface area (Å²) in [6.07, 6.45) is 4.31. The van der Waals surface area contributed by atoms with Gasteiger partial charge in [-0.15, -0.1) is 0 Å². The van der Waals surface area contributed by atoms with E-state index in [9.17, 15) is 18.5 Å². The van der Waals surface area contributed by atoms with Gasteiger partial charge in [-0.05, 0) is 18.9 Å². The molecule has 2 atom stereocenters. The van der Waals surface area contributed by atoms with E-state index in [1.165, 1.54) is 24.3 Å². The number of hydrogen-bond donors (Lipinski definition) is 2. The summed E-state index contributed by atoms with van der Waals surface area (Å²) in [5.41, 5.74) is 5.58. The van der Waals surface area contributed by atoms with Crippen molar-refractivity contribution in [2.75, 3.05) is 0 Å². The second kappa shape index (κ2) is 6.50. The highest BCUT2D eigenvalue weighted by Crippen LogP contribution is 2.24. The van der Waals surface area contributed by atoms with E-state index in [0.29, 0.717) is 6.42 Å². The SMILES string of the molecule is N[C@@H]1CCCCC[C@H]1NS(=O)(=O)c1ccccc1[N+](=O)[O-]. The largest absolute Gasteiger partial charge is 0.326 e. The van der Waals surface area contributed by atoms with Gasteiger partial charge in [-0.1, -0.05) is 31.4 Å². The highest BCUT2D eigenvalue weighted by Gasteiger charge is 2.30. The van der Waals surface area contributed by atoms with Crippen molar-refractivity contribution in [1.82, 2.24) is 4.72 Å². The summed E-state index contributed by atoms with van der Waals surface area (Å²) < 4.78 is 27.4. The Kier molecular flexibility index (Phi) is 4.92. The van der Waals surface area contributed by atoms with Crippen molar-refractivity contribution in [3.8, 4) is 0 Å². The molecule has 1 aliphatic rings. The lowest BCUT2D eigenvalue weighted by atomic mass is 10.1. The van der Waals surface area contributed by atoms with E-state index in [1.54, 1.807) is 0 Å². The number of sulfonamides is 1. The Hall–Kier alpha value is -1.51. The number of nitro benzene ring substituents is 1. The normalized spacial score (nSPS) is 23.5. The minimum Gasteiger partial charge on any atom is -0.326 e. The van der Waals surface area contributed by atoms with Gasteiger partial charge < -0.3 is 5.73 Å². The van der Waals surface area contributed by atoms with Crippen LogP contribution >= 0.6 is 0 Å². The molecule has 7 nitrogen and oxygen atoms in total. The number of nitrogens with two attached hydrogens (primary N) is 1. The zero-order chi connectivity index (χ0) is 15.5. The van der Waals surface area contributed by atoms with Gasteiger partial charge in [-0.25, -0.2) is 13.1 Å². The smallest absolute Gasteiger partial charge is 0.289 e. The molecule has 0 heterocycles. The van der Waals surface area contributed by atoms with Gasteiger partial charge in [-0.2, -0.15) is 0 Å². The molecule has 1 aromatic carbocycles. The molecule has 0 radical (unpaired) electrons. The summed E-state index contributed by atoms with van der Waals surface area (Å²) in [5.74, 6) is 0. The van der Waals surface area contributed by atoms with Crippen LogP contribution in [-0.2, 0) is 10.0 Å². The first kappa shape index (κ1) is 15.9. The molecule has 8 heteroatoms. The van der Waals surface area contributed by atoms with Gasteiger partial charge in [-0.3, -0.25) is 10.1 Å². The maximum Gasteiger partial charge on any atom is 0.289 e. The predicted octanol–water partition coefficient (Wildman–Crippen LogP) is 1.53. The number of nitro groups is 1. The average Bonchev–Trinajstić information content (AvgIpc) is 2.64. The van der Waals surface area contributed by atoms with E-state index in [4.69, 9.17) is 5.73 Å². The maximum absolute atomic E-state index is 12.4. The van der Waals surface area contributed by atoms with E-state index in [1.807, 2.05) is 0 Å². The van der Waals surface area contributed by atoms with Crippen LogP contribution in [0, 0.1) is 10.1 Å². The summed E-state index contributed by atoms with van der Waals surface area (Å²) >= 11 is 0. The second-order valence-corrected chi connectivity index (χ2v) is 6.94. The van der Waals surface area contributed by atoms with Gasteiger partial charge in [0.05, 0.1) is 4.92 Å². The molecule has 0 amide bonds. The molecule has 0 unspecified atom stereocenters. The Morgan fingerprint density at radius 1 is 1.19 bits per heavy atom. The lowest BCUT2D eigenvalue weighted by Gasteiger charge is -2.22. The van der Waals surface area contributed by atoms with Crippen LogP contribution in [0.5, 0.6) is 0 Å². The molecule has 2 rings (SSSR count). The first-order valence-corrected chi connectivity index (χ1v) is 8.41. The van der Waals surface area contributed by atoms with Gasteiger partial charge in [0.2, 0.25) is 10.0 Å². The fourth-order valence-corrected chi connectivity index (χ4v) is 4.07. The van der Waals surface area contributed by atoms with E-state index in [-0.39, 0.29) is 17.0 Å². The van der Waals surface area contributed by atoms with Crippen LogP contribution in [-0.4, -0.2) is 25.4 Å². The molecule has 1 aromatic rings. The summed E-state index contributed by atoms with van der Waals surface area (Å²) in [6.45, 7) is 0. The van der Waals surface area contributed by atoms with Crippen molar-refractivity contribution in [3.05, 3.63) is 34.4 Å². The number of hydrogen-bond acceptors (Lipinski definition) is 5. The molecule has 0 saturated heterocycles. The predicted molar refractivity (Wildman–Crippen MR) is 78.3 cm³/mol. The Bertz CT molecular complexity index is 618. The maximum atomic E-state index is 12.4. The molecular weight excluding hydrogens is 294 g/mol. The summed E-state index contributed by atoms with van der Waals surface area (Å²) in [5, 5.41) is 11.0. The number of rotatable bonds is 4. The standard InChI is InChI=1S/C13H19N3O4S/c14-10-6-2-1-3-7-11(10)15-21(19,20)13-9-5-4-8-12(13)16(17)18/h4-5,8-11,15H,1-3,6-7,14H2/t10-,11-/m1/s1. The summed E-state index contributed by atoms with van der Waals surface area (Å²) in [7, 11) is -3.96. The van der Waals surface area contributed by atoms with Gasteiger partial charge in [0.1, 0.15) is 0 Å². The molecule has 3 N–H and O–H groups in total. The fourth-order valence-electron chi connectivity index (χ4n) is 2.58. The van der Waals surface area contributed by atoms with Gasteiger partial charge in [0.15, 0.2) is 4.90 Å². The van der Waals surface area contributed by atoms with E-state index in [0.717, 1.165) is 25.7 Å². The van der Waals surface area contributed by atoms with Gasteiger partial charge in [0, 0.05) is 18.2 Å².